The average Bonchev–Trinajstić information content (AvgIpc) is 2.48. The lowest BCUT2D eigenvalue weighted by Gasteiger charge is -2.38. The Morgan fingerprint density at radius 2 is 1.65 bits per heavy atom. The lowest BCUT2D eigenvalue weighted by atomic mass is 9.88. The molecule has 0 amide bonds. The molecule has 1 aliphatic rings. The molecule has 20 heavy (non-hydrogen) atoms. The summed E-state index contributed by atoms with van der Waals surface area (Å²) < 4.78 is 0. The molecule has 1 fully saturated rings. The van der Waals surface area contributed by atoms with Crippen molar-refractivity contribution in [1.29, 1.82) is 0 Å². The lowest BCUT2D eigenvalue weighted by Crippen LogP contribution is -2.46. The highest BCUT2D eigenvalue weighted by atomic mass is 15.2. The van der Waals surface area contributed by atoms with E-state index in [9.17, 15) is 0 Å². The first-order chi connectivity index (χ1) is 9.72. The first-order valence-corrected chi connectivity index (χ1v) is 7.34. The predicted molar refractivity (Wildman–Crippen MR) is 85.2 cm³/mol. The third-order valence-electron chi connectivity index (χ3n) is 4.15. The fourth-order valence-electron chi connectivity index (χ4n) is 3.07. The molecule has 2 atom stereocenters. The number of nitrogens with two attached hydrogens (primary N) is 1. The van der Waals surface area contributed by atoms with Gasteiger partial charge < -0.3 is 10.6 Å². The van der Waals surface area contributed by atoms with Crippen molar-refractivity contribution in [2.75, 3.05) is 18.0 Å². The zero-order valence-electron chi connectivity index (χ0n) is 12.0. The summed E-state index contributed by atoms with van der Waals surface area (Å²) in [6.45, 7) is 4.13. The Morgan fingerprint density at radius 3 is 2.35 bits per heavy atom. The maximum Gasteiger partial charge on any atom is 0.0367 e. The third kappa shape index (κ3) is 2.86. The molecule has 1 heterocycles. The van der Waals surface area contributed by atoms with E-state index in [0.717, 1.165) is 19.5 Å². The number of nitrogens with zero attached hydrogens (tertiary/aromatic N) is 1. The minimum Gasteiger partial charge on any atom is -0.369 e. The molecule has 2 unspecified atom stereocenters. The van der Waals surface area contributed by atoms with Crippen molar-refractivity contribution in [2.24, 2.45) is 5.73 Å². The number of anilines is 1. The van der Waals surface area contributed by atoms with Crippen LogP contribution < -0.4 is 10.6 Å². The molecule has 1 aliphatic heterocycles. The zero-order chi connectivity index (χ0) is 13.9. The van der Waals surface area contributed by atoms with Gasteiger partial charge in [-0.3, -0.25) is 0 Å². The highest BCUT2D eigenvalue weighted by molar-refractivity contribution is 5.49. The zero-order valence-corrected chi connectivity index (χ0v) is 12.0. The van der Waals surface area contributed by atoms with Crippen molar-refractivity contribution < 1.29 is 0 Å². The summed E-state index contributed by atoms with van der Waals surface area (Å²) in [7, 11) is 0. The fraction of sp³-hybridized carbons (Fsp3) is 0.333. The minimum absolute atomic E-state index is 0.246. The van der Waals surface area contributed by atoms with Crippen molar-refractivity contribution in [3.63, 3.8) is 0 Å². The normalized spacial score (nSPS) is 22.8. The van der Waals surface area contributed by atoms with Crippen molar-refractivity contribution in [2.45, 2.75) is 25.3 Å². The van der Waals surface area contributed by atoms with Crippen LogP contribution in [0.15, 0.2) is 54.6 Å². The second-order valence-electron chi connectivity index (χ2n) is 5.84. The van der Waals surface area contributed by atoms with Gasteiger partial charge >= 0.3 is 0 Å². The van der Waals surface area contributed by atoms with E-state index in [0.29, 0.717) is 5.92 Å². The number of benzene rings is 2. The van der Waals surface area contributed by atoms with E-state index >= 15 is 0 Å². The summed E-state index contributed by atoms with van der Waals surface area (Å²) in [5.41, 5.74) is 10.3. The molecule has 2 heteroatoms. The molecule has 0 saturated carbocycles. The van der Waals surface area contributed by atoms with Gasteiger partial charge in [-0.15, -0.1) is 0 Å². The van der Waals surface area contributed by atoms with Crippen LogP contribution >= 0.6 is 0 Å². The van der Waals surface area contributed by atoms with Gasteiger partial charge in [0, 0.05) is 30.7 Å². The molecule has 1 saturated heterocycles. The van der Waals surface area contributed by atoms with E-state index < -0.39 is 0 Å². The molecule has 2 N–H and O–H groups in total. The molecule has 3 rings (SSSR count). The topological polar surface area (TPSA) is 29.3 Å². The molecule has 2 nitrogen and oxygen atoms in total. The Balaban J connectivity index is 1.81. The summed E-state index contributed by atoms with van der Waals surface area (Å²) in [5, 5.41) is 0. The Kier molecular flexibility index (Phi) is 3.75. The van der Waals surface area contributed by atoms with Crippen LogP contribution in [0.4, 0.5) is 5.69 Å². The lowest BCUT2D eigenvalue weighted by molar-refractivity contribution is 0.454. The summed E-state index contributed by atoms with van der Waals surface area (Å²) in [5.74, 6) is 0.529. The highest BCUT2D eigenvalue weighted by Crippen LogP contribution is 2.29. The third-order valence-corrected chi connectivity index (χ3v) is 4.15. The molecule has 0 bridgehead atoms. The summed E-state index contributed by atoms with van der Waals surface area (Å²) in [6.07, 6.45) is 1.08. The molecule has 0 aromatic heterocycles. The van der Waals surface area contributed by atoms with E-state index in [1.54, 1.807) is 0 Å². The fourth-order valence-corrected chi connectivity index (χ4v) is 3.07. The Morgan fingerprint density at radius 1 is 0.950 bits per heavy atom. The maximum absolute atomic E-state index is 6.28. The number of aryl methyl sites for hydroxylation is 1. The van der Waals surface area contributed by atoms with Gasteiger partial charge in [-0.2, -0.15) is 0 Å². The minimum atomic E-state index is 0.246. The van der Waals surface area contributed by atoms with Crippen molar-refractivity contribution in [3.8, 4) is 0 Å². The van der Waals surface area contributed by atoms with Gasteiger partial charge in [0.2, 0.25) is 0 Å². The van der Waals surface area contributed by atoms with Crippen LogP contribution in [0, 0.1) is 6.92 Å². The molecular formula is C18H22N2. The summed E-state index contributed by atoms with van der Waals surface area (Å²) in [4.78, 5) is 2.42. The number of hydrogen-bond acceptors (Lipinski definition) is 2. The number of rotatable bonds is 2. The number of piperidine rings is 1. The van der Waals surface area contributed by atoms with Gasteiger partial charge in [-0.1, -0.05) is 48.0 Å². The van der Waals surface area contributed by atoms with Crippen LogP contribution in [0.2, 0.25) is 0 Å². The van der Waals surface area contributed by atoms with E-state index in [-0.39, 0.29) is 6.04 Å². The molecule has 0 spiro atoms. The first kappa shape index (κ1) is 13.2. The van der Waals surface area contributed by atoms with Gasteiger partial charge in [-0.05, 0) is 31.0 Å². The molecule has 104 valence electrons. The van der Waals surface area contributed by atoms with Crippen LogP contribution in [-0.2, 0) is 0 Å². The van der Waals surface area contributed by atoms with Gasteiger partial charge in [0.05, 0.1) is 0 Å². The molecular weight excluding hydrogens is 244 g/mol. The second kappa shape index (κ2) is 5.68. The van der Waals surface area contributed by atoms with Gasteiger partial charge in [0.25, 0.3) is 0 Å². The SMILES string of the molecule is Cc1ccc(N2CC(N)CC(c3ccccc3)C2)cc1. The summed E-state index contributed by atoms with van der Waals surface area (Å²) in [6, 6.07) is 19.7. The van der Waals surface area contributed by atoms with Crippen LogP contribution in [0.1, 0.15) is 23.5 Å². The van der Waals surface area contributed by atoms with E-state index in [4.69, 9.17) is 5.73 Å². The smallest absolute Gasteiger partial charge is 0.0367 e. The van der Waals surface area contributed by atoms with E-state index in [2.05, 4.69) is 66.4 Å². The Bertz CT molecular complexity index is 547. The Labute approximate surface area is 121 Å². The summed E-state index contributed by atoms with van der Waals surface area (Å²) >= 11 is 0. The van der Waals surface area contributed by atoms with Crippen LogP contribution in [0.5, 0.6) is 0 Å². The van der Waals surface area contributed by atoms with E-state index in [1.165, 1.54) is 16.8 Å². The van der Waals surface area contributed by atoms with Crippen molar-refractivity contribution in [1.82, 2.24) is 0 Å². The van der Waals surface area contributed by atoms with Gasteiger partial charge in [0.15, 0.2) is 0 Å². The molecule has 0 radical (unpaired) electrons. The van der Waals surface area contributed by atoms with Crippen LogP contribution in [0.25, 0.3) is 0 Å². The maximum atomic E-state index is 6.28. The number of hydrogen-bond donors (Lipinski definition) is 1. The van der Waals surface area contributed by atoms with E-state index in [1.807, 2.05) is 0 Å². The Hall–Kier alpha value is -1.80. The highest BCUT2D eigenvalue weighted by Gasteiger charge is 2.26. The quantitative estimate of drug-likeness (QED) is 0.903. The molecule has 0 aliphatic carbocycles. The largest absolute Gasteiger partial charge is 0.369 e. The predicted octanol–water partition coefficient (Wildman–Crippen LogP) is 3.32. The standard InChI is InChI=1S/C18H22N2/c1-14-7-9-18(10-8-14)20-12-16(11-17(19)13-20)15-5-3-2-4-6-15/h2-10,16-17H,11-13,19H2,1H3. The van der Waals surface area contributed by atoms with Crippen LogP contribution in [0.3, 0.4) is 0 Å². The van der Waals surface area contributed by atoms with Gasteiger partial charge in [-0.25, -0.2) is 0 Å². The monoisotopic (exact) mass is 266 g/mol. The molecule has 2 aromatic rings. The first-order valence-electron chi connectivity index (χ1n) is 7.34. The van der Waals surface area contributed by atoms with Crippen molar-refractivity contribution in [3.05, 3.63) is 65.7 Å². The van der Waals surface area contributed by atoms with Crippen molar-refractivity contribution >= 4 is 5.69 Å². The van der Waals surface area contributed by atoms with Gasteiger partial charge in [0.1, 0.15) is 0 Å². The second-order valence-corrected chi connectivity index (χ2v) is 5.84. The average molecular weight is 266 g/mol. The molecule has 2 aromatic carbocycles. The van der Waals surface area contributed by atoms with Crippen LogP contribution in [-0.4, -0.2) is 19.1 Å².